The highest BCUT2D eigenvalue weighted by atomic mass is 32.2. The minimum atomic E-state index is -4.01. The fourth-order valence-electron chi connectivity index (χ4n) is 5.73. The maximum Gasteiger partial charge on any atom is 0.305 e. The van der Waals surface area contributed by atoms with Crippen LogP contribution in [0.15, 0.2) is 53.5 Å². The summed E-state index contributed by atoms with van der Waals surface area (Å²) in [4.78, 5) is 11.4. The van der Waals surface area contributed by atoms with Gasteiger partial charge in [-0.15, -0.1) is 0 Å². The summed E-state index contributed by atoms with van der Waals surface area (Å²) in [5.74, 6) is -0.245. The van der Waals surface area contributed by atoms with E-state index in [1.54, 1.807) is 18.2 Å². The number of unbranched alkanes of at least 4 members (excludes halogenated alkanes) is 1. The first-order valence-electron chi connectivity index (χ1n) is 13.9. The van der Waals surface area contributed by atoms with E-state index < -0.39 is 28.4 Å². The summed E-state index contributed by atoms with van der Waals surface area (Å²) < 4.78 is 36.5. The predicted molar refractivity (Wildman–Crippen MR) is 147 cm³/mol. The summed E-state index contributed by atoms with van der Waals surface area (Å²) in [5.41, 5.74) is 0.950. The fourth-order valence-corrected chi connectivity index (χ4v) is 6.86. The largest absolute Gasteiger partial charge is 0.469 e. The average molecular weight is 549 g/mol. The Kier molecular flexibility index (Phi) is 11.6. The summed E-state index contributed by atoms with van der Waals surface area (Å²) in [7, 11) is -2.64. The fraction of sp³-hybridized carbons (Fsp3) is 0.633. The van der Waals surface area contributed by atoms with Crippen LogP contribution in [0, 0.1) is 30.6 Å². The van der Waals surface area contributed by atoms with Gasteiger partial charge in [0.1, 0.15) is 0 Å². The first kappa shape index (κ1) is 30.5. The minimum absolute atomic E-state index is 0.0921. The number of esters is 1. The smallest absolute Gasteiger partial charge is 0.305 e. The van der Waals surface area contributed by atoms with Crippen molar-refractivity contribution in [3.63, 3.8) is 0 Å². The van der Waals surface area contributed by atoms with Crippen molar-refractivity contribution in [1.29, 1.82) is 0 Å². The van der Waals surface area contributed by atoms with Gasteiger partial charge in [0.2, 0.25) is 0 Å². The van der Waals surface area contributed by atoms with E-state index in [0.717, 1.165) is 18.4 Å². The molecule has 0 bridgehead atoms. The molecule has 2 saturated carbocycles. The number of allylic oxidation sites excluding steroid dienone is 2. The Labute approximate surface area is 228 Å². The van der Waals surface area contributed by atoms with Crippen LogP contribution in [0.2, 0.25) is 0 Å². The van der Waals surface area contributed by atoms with Gasteiger partial charge in [0.05, 0.1) is 30.3 Å². The number of aliphatic hydroxyl groups is 2. The molecule has 0 radical (unpaired) electrons. The number of methoxy groups -OCH3 is 1. The Morgan fingerprint density at radius 2 is 1.84 bits per heavy atom. The number of carbonyl (C=O) groups is 1. The molecule has 7 nitrogen and oxygen atoms in total. The molecule has 0 spiro atoms. The second-order valence-corrected chi connectivity index (χ2v) is 12.5. The predicted octanol–water partition coefficient (Wildman–Crippen LogP) is 5.10. The maximum absolute atomic E-state index is 13.0. The van der Waals surface area contributed by atoms with Crippen LogP contribution in [0.25, 0.3) is 0 Å². The van der Waals surface area contributed by atoms with E-state index >= 15 is 0 Å². The number of benzene rings is 1. The van der Waals surface area contributed by atoms with E-state index in [-0.39, 0.29) is 35.0 Å². The first-order chi connectivity index (χ1) is 18.1. The third-order valence-corrected chi connectivity index (χ3v) is 9.57. The molecule has 0 saturated heterocycles. The molecule has 0 heterocycles. The van der Waals surface area contributed by atoms with Gasteiger partial charge in [-0.3, -0.25) is 8.98 Å². The van der Waals surface area contributed by atoms with Crippen LogP contribution in [-0.2, 0) is 23.8 Å². The van der Waals surface area contributed by atoms with Crippen LogP contribution < -0.4 is 0 Å². The monoisotopic (exact) mass is 548 g/mol. The Morgan fingerprint density at radius 3 is 2.50 bits per heavy atom. The van der Waals surface area contributed by atoms with Crippen molar-refractivity contribution in [3.8, 4) is 0 Å². The topological polar surface area (TPSA) is 110 Å². The number of ether oxygens (including phenoxy) is 1. The van der Waals surface area contributed by atoms with Crippen molar-refractivity contribution in [2.24, 2.45) is 23.7 Å². The highest BCUT2D eigenvalue weighted by Crippen LogP contribution is 2.40. The Bertz CT molecular complexity index is 1040. The standard InChI is InChI=1S/C30H44O7S/c1-21-14-16-24(17-15-21)38(34,35)37-29-20-28(32)25(18-19-27(31)22(2)23-10-8-9-11-23)26(29)12-6-4-5-7-13-30(33)36-3/h4,6,14-19,22-23,25-29,31-32H,5,7-13,20H2,1-3H3/b6-4-,19-18+/t22?,25-,26-,27+,28-,29-/m1/s1. The maximum atomic E-state index is 13.0. The van der Waals surface area contributed by atoms with Crippen LogP contribution in [0.5, 0.6) is 0 Å². The van der Waals surface area contributed by atoms with Crippen molar-refractivity contribution < 1.29 is 32.3 Å². The zero-order chi connectivity index (χ0) is 27.7. The summed E-state index contributed by atoms with van der Waals surface area (Å²) >= 11 is 0. The highest BCUT2D eigenvalue weighted by Gasteiger charge is 2.43. The molecule has 2 N–H and O–H groups in total. The van der Waals surface area contributed by atoms with Gasteiger partial charge >= 0.3 is 5.97 Å². The van der Waals surface area contributed by atoms with E-state index in [1.165, 1.54) is 32.1 Å². The summed E-state index contributed by atoms with van der Waals surface area (Å²) in [6.07, 6.45) is 12.5. The molecule has 1 aromatic rings. The molecule has 2 fully saturated rings. The van der Waals surface area contributed by atoms with Gasteiger partial charge in [-0.2, -0.15) is 8.42 Å². The Morgan fingerprint density at radius 1 is 1.16 bits per heavy atom. The lowest BCUT2D eigenvalue weighted by Crippen LogP contribution is -2.26. The summed E-state index contributed by atoms with van der Waals surface area (Å²) in [5, 5.41) is 21.8. The lowest BCUT2D eigenvalue weighted by molar-refractivity contribution is -0.140. The van der Waals surface area contributed by atoms with Crippen molar-refractivity contribution >= 4 is 16.1 Å². The van der Waals surface area contributed by atoms with Gasteiger partial charge in [0.25, 0.3) is 10.1 Å². The van der Waals surface area contributed by atoms with E-state index in [0.29, 0.717) is 31.6 Å². The van der Waals surface area contributed by atoms with Crippen LogP contribution in [0.1, 0.15) is 70.3 Å². The van der Waals surface area contributed by atoms with Gasteiger partial charge in [-0.05, 0) is 56.1 Å². The van der Waals surface area contributed by atoms with E-state index in [9.17, 15) is 23.4 Å². The molecule has 1 aromatic carbocycles. The first-order valence-corrected chi connectivity index (χ1v) is 15.3. The molecule has 3 rings (SSSR count). The number of aliphatic hydroxyl groups excluding tert-OH is 2. The van der Waals surface area contributed by atoms with E-state index in [4.69, 9.17) is 4.18 Å². The quantitative estimate of drug-likeness (QED) is 0.153. The molecular formula is C30H44O7S. The molecule has 212 valence electrons. The van der Waals surface area contributed by atoms with Gasteiger partial charge < -0.3 is 14.9 Å². The lowest BCUT2D eigenvalue weighted by Gasteiger charge is -2.25. The second-order valence-electron chi connectivity index (χ2n) is 10.9. The van der Waals surface area contributed by atoms with Gasteiger partial charge in [-0.25, -0.2) is 0 Å². The third kappa shape index (κ3) is 8.50. The highest BCUT2D eigenvalue weighted by molar-refractivity contribution is 7.86. The molecule has 0 amide bonds. The average Bonchev–Trinajstić information content (AvgIpc) is 3.52. The van der Waals surface area contributed by atoms with Crippen molar-refractivity contribution in [2.75, 3.05) is 7.11 Å². The number of carbonyl (C=O) groups excluding carboxylic acids is 1. The second kappa shape index (κ2) is 14.4. The summed E-state index contributed by atoms with van der Waals surface area (Å²) in [6, 6.07) is 6.52. The van der Waals surface area contributed by atoms with Crippen LogP contribution in [0.3, 0.4) is 0 Å². The van der Waals surface area contributed by atoms with E-state index in [1.807, 2.05) is 25.2 Å². The SMILES string of the molecule is COC(=O)CCC/C=C\C[C@@H]1[C@@H](/C=C/[C@H](O)C(C)C2CCCC2)[C@H](O)C[C@H]1OS(=O)(=O)c1ccc(C)cc1. The molecule has 0 aliphatic heterocycles. The molecule has 0 aromatic heterocycles. The molecule has 2 aliphatic carbocycles. The third-order valence-electron chi connectivity index (χ3n) is 8.22. The number of rotatable bonds is 13. The van der Waals surface area contributed by atoms with E-state index in [2.05, 4.69) is 11.7 Å². The molecular weight excluding hydrogens is 504 g/mol. The van der Waals surface area contributed by atoms with Crippen molar-refractivity contribution in [1.82, 2.24) is 0 Å². The Balaban J connectivity index is 1.72. The van der Waals surface area contributed by atoms with Gasteiger partial charge in [0, 0.05) is 18.8 Å². The molecule has 2 aliphatic rings. The van der Waals surface area contributed by atoms with Gasteiger partial charge in [-0.1, -0.05) is 74.6 Å². The zero-order valence-electron chi connectivity index (χ0n) is 22.9. The molecule has 6 atom stereocenters. The number of hydrogen-bond acceptors (Lipinski definition) is 7. The zero-order valence-corrected chi connectivity index (χ0v) is 23.7. The molecule has 1 unspecified atom stereocenters. The minimum Gasteiger partial charge on any atom is -0.469 e. The normalized spacial score (nSPS) is 26.3. The van der Waals surface area contributed by atoms with Gasteiger partial charge in [0.15, 0.2) is 0 Å². The molecule has 38 heavy (non-hydrogen) atoms. The van der Waals surface area contributed by atoms with Crippen LogP contribution in [-0.4, -0.2) is 50.0 Å². The molecule has 8 heteroatoms. The Hall–Kier alpha value is -2.00. The van der Waals surface area contributed by atoms with Crippen LogP contribution >= 0.6 is 0 Å². The van der Waals surface area contributed by atoms with Crippen molar-refractivity contribution in [3.05, 3.63) is 54.1 Å². The van der Waals surface area contributed by atoms with Crippen molar-refractivity contribution in [2.45, 2.75) is 94.8 Å². The van der Waals surface area contributed by atoms with Crippen LogP contribution in [0.4, 0.5) is 0 Å². The number of hydrogen-bond donors (Lipinski definition) is 2. The summed E-state index contributed by atoms with van der Waals surface area (Å²) in [6.45, 7) is 3.96. The lowest BCUT2D eigenvalue weighted by atomic mass is 9.85. The number of aryl methyl sites for hydroxylation is 1.